The highest BCUT2D eigenvalue weighted by atomic mass is 16.1. The predicted octanol–water partition coefficient (Wildman–Crippen LogP) is 0.855. The van der Waals surface area contributed by atoms with E-state index in [0.29, 0.717) is 119 Å². The number of nitrogens with two attached hydrogens (primary N) is 5. The minimum atomic E-state index is -0.00115. The first-order valence-corrected chi connectivity index (χ1v) is 16.2. The van der Waals surface area contributed by atoms with E-state index in [0.717, 1.165) is 64.8 Å². The van der Waals surface area contributed by atoms with E-state index >= 15 is 0 Å². The molecule has 0 heterocycles. The van der Waals surface area contributed by atoms with E-state index in [9.17, 15) is 4.79 Å². The number of nitrogens with zero attached hydrogens (tertiary/aromatic N) is 2. The van der Waals surface area contributed by atoms with Gasteiger partial charge in [0, 0.05) is 82.0 Å². The lowest BCUT2D eigenvalue weighted by molar-refractivity contribution is -0.121. The predicted molar refractivity (Wildman–Crippen MR) is 176 cm³/mol. The molecule has 0 aliphatic heterocycles. The van der Waals surface area contributed by atoms with Gasteiger partial charge in [0.25, 0.3) is 0 Å². The van der Waals surface area contributed by atoms with Gasteiger partial charge in [0.1, 0.15) is 0 Å². The molecule has 0 aromatic rings. The van der Waals surface area contributed by atoms with Gasteiger partial charge in [-0.15, -0.1) is 0 Å². The van der Waals surface area contributed by atoms with Gasteiger partial charge in [0.15, 0.2) is 0 Å². The lowest BCUT2D eigenvalue weighted by Crippen LogP contribution is -2.42. The van der Waals surface area contributed by atoms with Crippen molar-refractivity contribution in [2.24, 2.45) is 40.5 Å². The van der Waals surface area contributed by atoms with Gasteiger partial charge in [-0.1, -0.05) is 0 Å². The number of nitrogens with one attached hydrogen (secondary N) is 4. The fourth-order valence-corrected chi connectivity index (χ4v) is 5.76. The summed E-state index contributed by atoms with van der Waals surface area (Å²) in [5.74, 6) is 0.972. The molecule has 1 aliphatic carbocycles. The van der Waals surface area contributed by atoms with Crippen molar-refractivity contribution < 1.29 is 4.79 Å². The average Bonchev–Trinajstić information content (AvgIpc) is 2.96. The van der Waals surface area contributed by atoms with Gasteiger partial charge < -0.3 is 60.0 Å². The van der Waals surface area contributed by atoms with Crippen molar-refractivity contribution in [3.05, 3.63) is 0 Å². The standard InChI is InChI=1S/C30H63N11O/c31-12-5-27(36)8-17-40(18-9-28(37)6-13-32)22-25(21-24-1-3-26(35)4-2-24)23-41(19-10-29(38)7-14-33)20-11-30(42)39-16-15-34/h24-26,36-38H,1-23,31-35H2,(H,39,42). The summed E-state index contributed by atoms with van der Waals surface area (Å²) in [5.41, 5.74) is 30.8. The first-order chi connectivity index (χ1) is 20.2. The Morgan fingerprint density at radius 2 is 1.10 bits per heavy atom. The van der Waals surface area contributed by atoms with Crippen LogP contribution >= 0.6 is 0 Å². The summed E-state index contributed by atoms with van der Waals surface area (Å²) in [4.78, 5) is 17.2. The van der Waals surface area contributed by atoms with E-state index in [4.69, 9.17) is 44.9 Å². The highest BCUT2D eigenvalue weighted by molar-refractivity contribution is 5.82. The molecule has 0 saturated heterocycles. The molecule has 1 rings (SSSR count). The Bertz CT molecular complexity index is 748. The molecule has 1 saturated carbocycles. The summed E-state index contributed by atoms with van der Waals surface area (Å²) in [6, 6.07) is 0.301. The Kier molecular flexibility index (Phi) is 21.5. The number of carbonyl (C=O) groups excluding carboxylic acids is 1. The van der Waals surface area contributed by atoms with Crippen molar-refractivity contribution in [3.63, 3.8) is 0 Å². The second-order valence-corrected chi connectivity index (χ2v) is 12.0. The van der Waals surface area contributed by atoms with Crippen molar-refractivity contribution in [3.8, 4) is 0 Å². The molecule has 0 bridgehead atoms. The minimum Gasteiger partial charge on any atom is -0.355 e. The topological polar surface area (TPSA) is 237 Å². The van der Waals surface area contributed by atoms with E-state index in [2.05, 4.69) is 15.1 Å². The van der Waals surface area contributed by atoms with Gasteiger partial charge in [-0.25, -0.2) is 0 Å². The molecule has 14 N–H and O–H groups in total. The van der Waals surface area contributed by atoms with Crippen LogP contribution in [0, 0.1) is 28.1 Å². The number of rotatable bonds is 26. The fraction of sp³-hybridized carbons (Fsp3) is 0.867. The minimum absolute atomic E-state index is 0.00115. The zero-order valence-corrected chi connectivity index (χ0v) is 26.2. The van der Waals surface area contributed by atoms with E-state index in [1.807, 2.05) is 0 Å². The zero-order valence-electron chi connectivity index (χ0n) is 26.2. The SMILES string of the molecule is N=C(CCN)CCN(CCC(=N)CCN)CC(CC1CCC(N)CC1)CN(CCC(=N)CCN)CCC(=O)NCCN. The highest BCUT2D eigenvalue weighted by Crippen LogP contribution is 2.30. The number of carbonyl (C=O) groups is 1. The Labute approximate surface area is 254 Å². The molecule has 244 valence electrons. The third-order valence-corrected chi connectivity index (χ3v) is 8.24. The van der Waals surface area contributed by atoms with Crippen LogP contribution in [0.4, 0.5) is 0 Å². The molecule has 0 spiro atoms. The summed E-state index contributed by atoms with van der Waals surface area (Å²) in [6.07, 6.45) is 9.69. The van der Waals surface area contributed by atoms with E-state index in [1.165, 1.54) is 0 Å². The number of hydrogen-bond donors (Lipinski definition) is 9. The van der Waals surface area contributed by atoms with Crippen molar-refractivity contribution in [1.82, 2.24) is 15.1 Å². The van der Waals surface area contributed by atoms with E-state index in [-0.39, 0.29) is 5.91 Å². The van der Waals surface area contributed by atoms with Crippen LogP contribution in [0.3, 0.4) is 0 Å². The van der Waals surface area contributed by atoms with Crippen LogP contribution in [0.25, 0.3) is 0 Å². The first kappa shape index (κ1) is 38.2. The zero-order chi connectivity index (χ0) is 31.2. The molecule has 1 atom stereocenters. The van der Waals surface area contributed by atoms with Gasteiger partial charge in [-0.2, -0.15) is 0 Å². The summed E-state index contributed by atoms with van der Waals surface area (Å²) < 4.78 is 0. The Balaban J connectivity index is 3.07. The number of amides is 1. The second kappa shape index (κ2) is 23.6. The molecular weight excluding hydrogens is 530 g/mol. The van der Waals surface area contributed by atoms with Crippen LogP contribution in [0.1, 0.15) is 77.0 Å². The first-order valence-electron chi connectivity index (χ1n) is 16.2. The Morgan fingerprint density at radius 3 is 1.50 bits per heavy atom. The molecule has 42 heavy (non-hydrogen) atoms. The molecular formula is C30H63N11O. The maximum Gasteiger partial charge on any atom is 0.221 e. The fourth-order valence-electron chi connectivity index (χ4n) is 5.76. The van der Waals surface area contributed by atoms with Crippen molar-refractivity contribution in [2.75, 3.05) is 72.0 Å². The molecule has 1 aliphatic rings. The Hall–Kier alpha value is -1.80. The van der Waals surface area contributed by atoms with Gasteiger partial charge in [0.05, 0.1) is 0 Å². The van der Waals surface area contributed by atoms with E-state index in [1.54, 1.807) is 0 Å². The Morgan fingerprint density at radius 1 is 0.667 bits per heavy atom. The van der Waals surface area contributed by atoms with Gasteiger partial charge in [0.2, 0.25) is 5.91 Å². The van der Waals surface area contributed by atoms with E-state index < -0.39 is 0 Å². The normalized spacial score (nSPS) is 17.9. The maximum atomic E-state index is 12.4. The van der Waals surface area contributed by atoms with Crippen molar-refractivity contribution >= 4 is 23.0 Å². The second-order valence-electron chi connectivity index (χ2n) is 12.0. The third kappa shape index (κ3) is 18.7. The summed E-state index contributed by atoms with van der Waals surface area (Å²) in [6.45, 7) is 6.91. The molecule has 0 radical (unpaired) electrons. The van der Waals surface area contributed by atoms with Gasteiger partial charge in [-0.3, -0.25) is 4.79 Å². The van der Waals surface area contributed by atoms with Crippen molar-refractivity contribution in [2.45, 2.75) is 83.1 Å². The van der Waals surface area contributed by atoms with Crippen LogP contribution in [0.2, 0.25) is 0 Å². The van der Waals surface area contributed by atoms with Gasteiger partial charge >= 0.3 is 0 Å². The maximum absolute atomic E-state index is 12.4. The molecule has 12 nitrogen and oxygen atoms in total. The lowest BCUT2D eigenvalue weighted by Gasteiger charge is -2.35. The monoisotopic (exact) mass is 594 g/mol. The summed E-state index contributed by atoms with van der Waals surface area (Å²) in [7, 11) is 0. The van der Waals surface area contributed by atoms with Crippen LogP contribution in [-0.2, 0) is 4.79 Å². The van der Waals surface area contributed by atoms with Crippen LogP contribution < -0.4 is 34.0 Å². The largest absolute Gasteiger partial charge is 0.355 e. The number of hydrogen-bond acceptors (Lipinski definition) is 11. The quantitative estimate of drug-likeness (QED) is 0.0650. The van der Waals surface area contributed by atoms with Crippen molar-refractivity contribution in [1.29, 1.82) is 16.2 Å². The molecule has 1 fully saturated rings. The molecule has 0 aromatic heterocycles. The highest BCUT2D eigenvalue weighted by Gasteiger charge is 2.26. The van der Waals surface area contributed by atoms with Crippen LogP contribution in [0.15, 0.2) is 0 Å². The molecule has 12 heteroatoms. The molecule has 1 unspecified atom stereocenters. The lowest BCUT2D eigenvalue weighted by atomic mass is 9.80. The third-order valence-electron chi connectivity index (χ3n) is 8.24. The summed E-state index contributed by atoms with van der Waals surface area (Å²) in [5, 5.41) is 27.8. The molecule has 0 aromatic carbocycles. The molecule has 1 amide bonds. The van der Waals surface area contributed by atoms with Crippen LogP contribution in [-0.4, -0.2) is 111 Å². The smallest absolute Gasteiger partial charge is 0.221 e. The van der Waals surface area contributed by atoms with Crippen LogP contribution in [0.5, 0.6) is 0 Å². The van der Waals surface area contributed by atoms with Gasteiger partial charge in [-0.05, 0) is 102 Å². The summed E-state index contributed by atoms with van der Waals surface area (Å²) >= 11 is 0. The average molecular weight is 594 g/mol.